The van der Waals surface area contributed by atoms with Crippen molar-refractivity contribution in [1.29, 1.82) is 0 Å². The highest BCUT2D eigenvalue weighted by Gasteiger charge is 2.14. The van der Waals surface area contributed by atoms with Crippen molar-refractivity contribution in [2.45, 2.75) is 6.92 Å². The third-order valence-electron chi connectivity index (χ3n) is 4.12. The lowest BCUT2D eigenvalue weighted by Gasteiger charge is -2.11. The van der Waals surface area contributed by atoms with Crippen molar-refractivity contribution < 1.29 is 13.9 Å². The van der Waals surface area contributed by atoms with Crippen LogP contribution in [0.15, 0.2) is 71.3 Å². The van der Waals surface area contributed by atoms with Crippen molar-refractivity contribution in [3.05, 3.63) is 72.4 Å². The summed E-state index contributed by atoms with van der Waals surface area (Å²) in [5.41, 5.74) is 3.52. The second-order valence-electron chi connectivity index (χ2n) is 5.97. The van der Waals surface area contributed by atoms with E-state index in [9.17, 15) is 4.79 Å². The summed E-state index contributed by atoms with van der Waals surface area (Å²) < 4.78 is 11.3. The topological polar surface area (TPSA) is 77.2 Å². The highest BCUT2D eigenvalue weighted by Crippen LogP contribution is 2.29. The van der Waals surface area contributed by atoms with Gasteiger partial charge in [0.2, 0.25) is 5.89 Å². The van der Waals surface area contributed by atoms with Crippen LogP contribution < -0.4 is 10.1 Å². The normalized spacial score (nSPS) is 10.7. The molecule has 134 valence electrons. The van der Waals surface area contributed by atoms with Crippen molar-refractivity contribution >= 4 is 22.8 Å². The van der Waals surface area contributed by atoms with Crippen molar-refractivity contribution in [3.8, 4) is 17.2 Å². The van der Waals surface area contributed by atoms with Crippen LogP contribution in [0.5, 0.6) is 5.75 Å². The number of benzene rings is 2. The number of para-hydroxylation sites is 1. The molecule has 4 rings (SSSR count). The van der Waals surface area contributed by atoms with Crippen LogP contribution in [-0.2, 0) is 4.79 Å². The van der Waals surface area contributed by atoms with Crippen LogP contribution in [0.2, 0.25) is 0 Å². The third-order valence-corrected chi connectivity index (χ3v) is 4.12. The van der Waals surface area contributed by atoms with Gasteiger partial charge in [0, 0.05) is 17.4 Å². The number of aromatic nitrogens is 2. The van der Waals surface area contributed by atoms with Crippen molar-refractivity contribution in [3.63, 3.8) is 0 Å². The minimum Gasteiger partial charge on any atom is -0.484 e. The first-order valence-electron chi connectivity index (χ1n) is 8.50. The molecule has 0 fully saturated rings. The SMILES string of the molecule is Cc1c(NC(=O)COc2ccccc2)cccc1-c1nc2ncccc2o1. The first kappa shape index (κ1) is 16.8. The molecule has 0 aliphatic carbocycles. The van der Waals surface area contributed by atoms with Crippen LogP contribution in [0.1, 0.15) is 5.56 Å². The van der Waals surface area contributed by atoms with Crippen LogP contribution in [-0.4, -0.2) is 22.5 Å². The molecule has 1 N–H and O–H groups in total. The van der Waals surface area contributed by atoms with Gasteiger partial charge in [-0.2, -0.15) is 4.98 Å². The molecule has 2 aromatic carbocycles. The van der Waals surface area contributed by atoms with Crippen LogP contribution >= 0.6 is 0 Å². The molecule has 0 radical (unpaired) electrons. The Balaban J connectivity index is 1.52. The molecule has 0 aliphatic heterocycles. The number of amides is 1. The summed E-state index contributed by atoms with van der Waals surface area (Å²) in [6, 6.07) is 18.4. The average Bonchev–Trinajstić information content (AvgIpc) is 3.13. The molecule has 1 amide bonds. The lowest BCUT2D eigenvalue weighted by Crippen LogP contribution is -2.20. The van der Waals surface area contributed by atoms with Gasteiger partial charge in [-0.1, -0.05) is 24.3 Å². The van der Waals surface area contributed by atoms with Gasteiger partial charge in [0.15, 0.2) is 17.8 Å². The summed E-state index contributed by atoms with van der Waals surface area (Å²) >= 11 is 0. The summed E-state index contributed by atoms with van der Waals surface area (Å²) in [5, 5.41) is 2.88. The molecule has 27 heavy (non-hydrogen) atoms. The monoisotopic (exact) mass is 359 g/mol. The van der Waals surface area contributed by atoms with Gasteiger partial charge in [-0.25, -0.2) is 4.98 Å². The summed E-state index contributed by atoms with van der Waals surface area (Å²) in [7, 11) is 0. The largest absolute Gasteiger partial charge is 0.484 e. The van der Waals surface area contributed by atoms with Gasteiger partial charge < -0.3 is 14.5 Å². The van der Waals surface area contributed by atoms with Gasteiger partial charge in [-0.05, 0) is 48.9 Å². The Morgan fingerprint density at radius 2 is 1.93 bits per heavy atom. The molecule has 0 atom stereocenters. The van der Waals surface area contributed by atoms with E-state index in [1.54, 1.807) is 24.4 Å². The van der Waals surface area contributed by atoms with E-state index in [1.807, 2.05) is 49.4 Å². The van der Waals surface area contributed by atoms with E-state index in [-0.39, 0.29) is 12.5 Å². The molecule has 0 unspecified atom stereocenters. The maximum absolute atomic E-state index is 12.2. The van der Waals surface area contributed by atoms with Crippen LogP contribution in [0.25, 0.3) is 22.7 Å². The maximum atomic E-state index is 12.2. The highest BCUT2D eigenvalue weighted by molar-refractivity contribution is 5.93. The quantitative estimate of drug-likeness (QED) is 0.577. The molecule has 2 aromatic heterocycles. The summed E-state index contributed by atoms with van der Waals surface area (Å²) in [6.45, 7) is 1.84. The Hall–Kier alpha value is -3.67. The van der Waals surface area contributed by atoms with Crippen LogP contribution in [0, 0.1) is 6.92 Å². The Bertz CT molecular complexity index is 1060. The Labute approximate surface area is 155 Å². The van der Waals surface area contributed by atoms with Crippen molar-refractivity contribution in [2.24, 2.45) is 0 Å². The van der Waals surface area contributed by atoms with Gasteiger partial charge in [-0.15, -0.1) is 0 Å². The maximum Gasteiger partial charge on any atom is 0.262 e. The number of pyridine rings is 1. The number of nitrogens with zero attached hydrogens (tertiary/aromatic N) is 2. The number of oxazole rings is 1. The standard InChI is InChI=1S/C21H17N3O3/c1-14-16(21-24-20-18(27-21)11-6-12-22-20)9-5-10-17(14)23-19(25)13-26-15-7-3-2-4-8-15/h2-12H,13H2,1H3,(H,23,25). The average molecular weight is 359 g/mol. The zero-order chi connectivity index (χ0) is 18.6. The molecule has 0 saturated carbocycles. The van der Waals surface area contributed by atoms with Crippen molar-refractivity contribution in [1.82, 2.24) is 9.97 Å². The number of fused-ring (bicyclic) bond motifs is 1. The molecule has 6 heteroatoms. The van der Waals surface area contributed by atoms with E-state index in [0.717, 1.165) is 11.1 Å². The predicted octanol–water partition coefficient (Wildman–Crippen LogP) is 4.22. The summed E-state index contributed by atoms with van der Waals surface area (Å²) in [5.74, 6) is 0.883. The molecule has 0 spiro atoms. The fraction of sp³-hybridized carbons (Fsp3) is 0.0952. The fourth-order valence-corrected chi connectivity index (χ4v) is 2.74. The molecule has 0 saturated heterocycles. The van der Waals surface area contributed by atoms with E-state index in [0.29, 0.717) is 28.6 Å². The van der Waals surface area contributed by atoms with Gasteiger partial charge in [0.05, 0.1) is 0 Å². The molecule has 2 heterocycles. The summed E-state index contributed by atoms with van der Waals surface area (Å²) in [6.07, 6.45) is 1.67. The van der Waals surface area contributed by atoms with Crippen LogP contribution in [0.3, 0.4) is 0 Å². The number of carbonyl (C=O) groups is 1. The lowest BCUT2D eigenvalue weighted by molar-refractivity contribution is -0.118. The number of nitrogens with one attached hydrogen (secondary N) is 1. The van der Waals surface area contributed by atoms with E-state index in [1.165, 1.54) is 0 Å². The van der Waals surface area contributed by atoms with Crippen LogP contribution in [0.4, 0.5) is 5.69 Å². The van der Waals surface area contributed by atoms with E-state index >= 15 is 0 Å². The van der Waals surface area contributed by atoms with Crippen molar-refractivity contribution in [2.75, 3.05) is 11.9 Å². The first-order valence-corrected chi connectivity index (χ1v) is 8.50. The van der Waals surface area contributed by atoms with E-state index < -0.39 is 0 Å². The minimum absolute atomic E-state index is 0.0690. The zero-order valence-electron chi connectivity index (χ0n) is 14.7. The van der Waals surface area contributed by atoms with Gasteiger partial charge in [0.25, 0.3) is 5.91 Å². The molecule has 0 bridgehead atoms. The highest BCUT2D eigenvalue weighted by atomic mass is 16.5. The Morgan fingerprint density at radius 1 is 1.07 bits per heavy atom. The van der Waals surface area contributed by atoms with E-state index in [4.69, 9.17) is 9.15 Å². The number of rotatable bonds is 5. The van der Waals surface area contributed by atoms with Gasteiger partial charge in [0.1, 0.15) is 5.75 Å². The smallest absolute Gasteiger partial charge is 0.262 e. The zero-order valence-corrected chi connectivity index (χ0v) is 14.7. The number of hydrogen-bond acceptors (Lipinski definition) is 5. The first-order chi connectivity index (χ1) is 13.2. The number of anilines is 1. The van der Waals surface area contributed by atoms with Gasteiger partial charge >= 0.3 is 0 Å². The molecule has 0 aliphatic rings. The molecular weight excluding hydrogens is 342 g/mol. The molecule has 6 nitrogen and oxygen atoms in total. The molecular formula is C21H17N3O3. The molecule has 4 aromatic rings. The second-order valence-corrected chi connectivity index (χ2v) is 5.97. The number of hydrogen-bond donors (Lipinski definition) is 1. The lowest BCUT2D eigenvalue weighted by atomic mass is 10.1. The Morgan fingerprint density at radius 3 is 2.74 bits per heavy atom. The second kappa shape index (κ2) is 7.29. The number of carbonyl (C=O) groups excluding carboxylic acids is 1. The Kier molecular flexibility index (Phi) is 4.53. The fourth-order valence-electron chi connectivity index (χ4n) is 2.74. The van der Waals surface area contributed by atoms with E-state index in [2.05, 4.69) is 15.3 Å². The number of ether oxygens (including phenoxy) is 1. The summed E-state index contributed by atoms with van der Waals surface area (Å²) in [4.78, 5) is 20.9. The third kappa shape index (κ3) is 3.64. The minimum atomic E-state index is -0.238. The predicted molar refractivity (Wildman–Crippen MR) is 103 cm³/mol. The van der Waals surface area contributed by atoms with Gasteiger partial charge in [-0.3, -0.25) is 4.79 Å².